The number of carbonyl (C=O) groups is 1. The zero-order chi connectivity index (χ0) is 25.2. The molecule has 0 spiro atoms. The first-order chi connectivity index (χ1) is 16.6. The van der Waals surface area contributed by atoms with E-state index in [9.17, 15) is 13.2 Å². The predicted octanol–water partition coefficient (Wildman–Crippen LogP) is 3.37. The minimum Gasteiger partial charge on any atom is -0.481 e. The van der Waals surface area contributed by atoms with Gasteiger partial charge in [-0.3, -0.25) is 4.79 Å². The largest absolute Gasteiger partial charge is 0.481 e. The highest BCUT2D eigenvalue weighted by atomic mass is 32.2. The first kappa shape index (κ1) is 24.4. The maximum atomic E-state index is 13.1. The molecule has 11 heteroatoms. The standard InChI is InChI=1S/C24H28N6O4S/c1-16-14-24(2,3)30(15-16)22-17(8-7-13-25-22)23(31)29-35(32,33)21-12-6-10-19(28-21)26-18-9-5-11-20(27-18)34-4/h5-13,16H,14-15H2,1-4H3,(H,29,31)(H,26,27,28). The van der Waals surface area contributed by atoms with Crippen LogP contribution in [-0.4, -0.2) is 48.5 Å². The third-order valence-electron chi connectivity index (χ3n) is 5.77. The molecule has 35 heavy (non-hydrogen) atoms. The normalized spacial score (nSPS) is 17.1. The van der Waals surface area contributed by atoms with E-state index in [1.807, 2.05) is 0 Å². The molecule has 1 unspecified atom stereocenters. The maximum absolute atomic E-state index is 13.1. The lowest BCUT2D eigenvalue weighted by Gasteiger charge is -2.33. The molecular weight excluding hydrogens is 468 g/mol. The Morgan fingerprint density at radius 1 is 1.09 bits per heavy atom. The highest BCUT2D eigenvalue weighted by Gasteiger charge is 2.39. The van der Waals surface area contributed by atoms with E-state index in [0.29, 0.717) is 23.4 Å². The van der Waals surface area contributed by atoms with Crippen LogP contribution in [0.2, 0.25) is 0 Å². The van der Waals surface area contributed by atoms with Crippen molar-refractivity contribution in [3.05, 3.63) is 60.3 Å². The van der Waals surface area contributed by atoms with Crippen LogP contribution in [0.25, 0.3) is 0 Å². The molecule has 4 heterocycles. The topological polar surface area (TPSA) is 126 Å². The van der Waals surface area contributed by atoms with Gasteiger partial charge in [0.15, 0.2) is 5.03 Å². The fourth-order valence-electron chi connectivity index (χ4n) is 4.34. The molecule has 4 rings (SSSR count). The third kappa shape index (κ3) is 5.35. The third-order valence-corrected chi connectivity index (χ3v) is 7.01. The fourth-order valence-corrected chi connectivity index (χ4v) is 5.28. The van der Waals surface area contributed by atoms with Crippen LogP contribution in [0.4, 0.5) is 17.5 Å². The second-order valence-electron chi connectivity index (χ2n) is 9.09. The van der Waals surface area contributed by atoms with Crippen molar-refractivity contribution in [2.24, 2.45) is 5.92 Å². The SMILES string of the molecule is COc1cccc(Nc2cccc(S(=O)(=O)NC(=O)c3cccnc3N3CC(C)CC3(C)C)n2)n1. The van der Waals surface area contributed by atoms with Gasteiger partial charge in [0.2, 0.25) is 5.88 Å². The molecule has 0 saturated carbocycles. The molecule has 1 atom stereocenters. The molecule has 0 radical (unpaired) electrons. The van der Waals surface area contributed by atoms with Crippen LogP contribution in [0, 0.1) is 5.92 Å². The lowest BCUT2D eigenvalue weighted by atomic mass is 9.97. The minimum absolute atomic E-state index is 0.188. The van der Waals surface area contributed by atoms with Crippen molar-refractivity contribution >= 4 is 33.4 Å². The average molecular weight is 497 g/mol. The van der Waals surface area contributed by atoms with Crippen LogP contribution in [0.15, 0.2) is 59.8 Å². The van der Waals surface area contributed by atoms with E-state index in [2.05, 4.69) is 50.7 Å². The summed E-state index contributed by atoms with van der Waals surface area (Å²) in [6, 6.07) is 12.7. The van der Waals surface area contributed by atoms with Gasteiger partial charge in [-0.2, -0.15) is 13.4 Å². The molecule has 184 valence electrons. The van der Waals surface area contributed by atoms with Crippen molar-refractivity contribution in [3.63, 3.8) is 0 Å². The Bertz CT molecular complexity index is 1350. The van der Waals surface area contributed by atoms with E-state index in [-0.39, 0.29) is 21.9 Å². The number of nitrogens with zero attached hydrogens (tertiary/aromatic N) is 4. The predicted molar refractivity (Wildman–Crippen MR) is 132 cm³/mol. The van der Waals surface area contributed by atoms with Crippen molar-refractivity contribution in [1.82, 2.24) is 19.7 Å². The van der Waals surface area contributed by atoms with Crippen molar-refractivity contribution < 1.29 is 17.9 Å². The Morgan fingerprint density at radius 2 is 1.80 bits per heavy atom. The Labute approximate surface area is 204 Å². The van der Waals surface area contributed by atoms with Gasteiger partial charge < -0.3 is 15.0 Å². The molecule has 2 N–H and O–H groups in total. The quantitative estimate of drug-likeness (QED) is 0.506. The van der Waals surface area contributed by atoms with Gasteiger partial charge >= 0.3 is 0 Å². The zero-order valence-electron chi connectivity index (χ0n) is 20.0. The Hall–Kier alpha value is -3.73. The first-order valence-electron chi connectivity index (χ1n) is 11.1. The van der Waals surface area contributed by atoms with Crippen LogP contribution < -0.4 is 19.7 Å². The van der Waals surface area contributed by atoms with Gasteiger partial charge in [0.05, 0.1) is 12.7 Å². The van der Waals surface area contributed by atoms with Gasteiger partial charge in [-0.1, -0.05) is 19.1 Å². The summed E-state index contributed by atoms with van der Waals surface area (Å²) < 4.78 is 33.3. The van der Waals surface area contributed by atoms with Crippen molar-refractivity contribution in [1.29, 1.82) is 0 Å². The van der Waals surface area contributed by atoms with E-state index in [0.717, 1.165) is 13.0 Å². The monoisotopic (exact) mass is 496 g/mol. The summed E-state index contributed by atoms with van der Waals surface area (Å²) in [5.41, 5.74) is -0.0229. The fraction of sp³-hybridized carbons (Fsp3) is 0.333. The highest BCUT2D eigenvalue weighted by Crippen LogP contribution is 2.37. The second kappa shape index (κ2) is 9.49. The van der Waals surface area contributed by atoms with E-state index in [1.165, 1.54) is 19.2 Å². The number of ether oxygens (including phenoxy) is 1. The van der Waals surface area contributed by atoms with Crippen LogP contribution in [0.1, 0.15) is 37.6 Å². The molecule has 10 nitrogen and oxygen atoms in total. The Balaban J connectivity index is 1.57. The van der Waals surface area contributed by atoms with Crippen LogP contribution in [0.3, 0.4) is 0 Å². The highest BCUT2D eigenvalue weighted by molar-refractivity contribution is 7.90. The molecule has 1 saturated heterocycles. The van der Waals surface area contributed by atoms with E-state index in [4.69, 9.17) is 4.74 Å². The van der Waals surface area contributed by atoms with Gasteiger partial charge in [-0.15, -0.1) is 0 Å². The van der Waals surface area contributed by atoms with E-state index >= 15 is 0 Å². The number of amides is 1. The summed E-state index contributed by atoms with van der Waals surface area (Å²) in [6.45, 7) is 7.04. The summed E-state index contributed by atoms with van der Waals surface area (Å²) in [5, 5.41) is 2.63. The molecule has 1 amide bonds. The molecule has 0 aliphatic carbocycles. The number of hydrogen-bond acceptors (Lipinski definition) is 9. The lowest BCUT2D eigenvalue weighted by molar-refractivity contribution is 0.0981. The number of carbonyl (C=O) groups excluding carboxylic acids is 1. The number of anilines is 3. The molecule has 0 bridgehead atoms. The van der Waals surface area contributed by atoms with Crippen molar-refractivity contribution in [2.75, 3.05) is 23.9 Å². The second-order valence-corrected chi connectivity index (χ2v) is 10.7. The average Bonchev–Trinajstić information content (AvgIpc) is 3.10. The Morgan fingerprint density at radius 3 is 2.49 bits per heavy atom. The van der Waals surface area contributed by atoms with E-state index < -0.39 is 15.9 Å². The maximum Gasteiger partial charge on any atom is 0.281 e. The van der Waals surface area contributed by atoms with Crippen LogP contribution in [0.5, 0.6) is 5.88 Å². The number of aromatic nitrogens is 3. The Kier molecular flexibility index (Phi) is 6.62. The molecule has 1 aliphatic rings. The summed E-state index contributed by atoms with van der Waals surface area (Å²) in [5.74, 6) is 1.19. The summed E-state index contributed by atoms with van der Waals surface area (Å²) in [7, 11) is -2.76. The molecule has 3 aromatic rings. The van der Waals surface area contributed by atoms with Gasteiger partial charge in [-0.25, -0.2) is 14.7 Å². The van der Waals surface area contributed by atoms with Gasteiger partial charge in [0, 0.05) is 24.3 Å². The number of pyridine rings is 3. The van der Waals surface area contributed by atoms with Gasteiger partial charge in [0.1, 0.15) is 17.5 Å². The number of methoxy groups -OCH3 is 1. The summed E-state index contributed by atoms with van der Waals surface area (Å²) >= 11 is 0. The van der Waals surface area contributed by atoms with Gasteiger partial charge in [0.25, 0.3) is 15.9 Å². The lowest BCUT2D eigenvalue weighted by Crippen LogP contribution is -2.41. The molecule has 0 aromatic carbocycles. The number of nitrogens with one attached hydrogen (secondary N) is 2. The van der Waals surface area contributed by atoms with E-state index in [1.54, 1.807) is 42.6 Å². The summed E-state index contributed by atoms with van der Waals surface area (Å²) in [4.78, 5) is 28.0. The number of sulfonamides is 1. The van der Waals surface area contributed by atoms with Crippen LogP contribution >= 0.6 is 0 Å². The molecule has 1 aliphatic heterocycles. The van der Waals surface area contributed by atoms with Crippen LogP contribution in [-0.2, 0) is 10.0 Å². The zero-order valence-corrected chi connectivity index (χ0v) is 20.8. The van der Waals surface area contributed by atoms with Gasteiger partial charge in [-0.05, 0) is 56.5 Å². The van der Waals surface area contributed by atoms with Crippen molar-refractivity contribution in [3.8, 4) is 5.88 Å². The molecular formula is C24H28N6O4S. The first-order valence-corrected chi connectivity index (χ1v) is 12.6. The number of hydrogen-bond donors (Lipinski definition) is 2. The summed E-state index contributed by atoms with van der Waals surface area (Å²) in [6.07, 6.45) is 2.54. The number of rotatable bonds is 7. The smallest absolute Gasteiger partial charge is 0.281 e. The van der Waals surface area contributed by atoms with Crippen molar-refractivity contribution in [2.45, 2.75) is 37.8 Å². The molecule has 1 fully saturated rings. The minimum atomic E-state index is -4.26. The molecule has 3 aromatic heterocycles.